The maximum absolute atomic E-state index is 12.8. The topological polar surface area (TPSA) is 51.7 Å². The number of nitrogens with one attached hydrogen (secondary N) is 1. The van der Waals surface area contributed by atoms with Crippen LogP contribution in [0.2, 0.25) is 0 Å². The lowest BCUT2D eigenvalue weighted by molar-refractivity contribution is -0.119. The molecule has 0 unspecified atom stereocenters. The molecule has 2 fully saturated rings. The largest absolute Gasteiger partial charge is 0.369 e. The first-order valence-corrected chi connectivity index (χ1v) is 11.8. The molecule has 1 aromatic heterocycles. The van der Waals surface area contributed by atoms with E-state index in [1.807, 2.05) is 6.20 Å². The molecule has 2 aliphatic heterocycles. The molecule has 0 bridgehead atoms. The summed E-state index contributed by atoms with van der Waals surface area (Å²) in [6, 6.07) is 11.0. The minimum atomic E-state index is 0.271. The van der Waals surface area contributed by atoms with Gasteiger partial charge >= 0.3 is 0 Å². The Bertz CT molecular complexity index is 914. The van der Waals surface area contributed by atoms with E-state index in [1.54, 1.807) is 0 Å². The van der Waals surface area contributed by atoms with E-state index in [0.29, 0.717) is 12.5 Å². The Labute approximate surface area is 185 Å². The monoisotopic (exact) mass is 419 g/mol. The number of likely N-dealkylation sites (N-methyl/N-ethyl adjacent to an activating group) is 1. The molecular formula is C25H33N5O. The third kappa shape index (κ3) is 4.40. The number of hydrogen-bond donors (Lipinski definition) is 1. The van der Waals surface area contributed by atoms with Gasteiger partial charge in [0.1, 0.15) is 5.82 Å². The smallest absolute Gasteiger partial charge is 0.227 e. The van der Waals surface area contributed by atoms with Crippen molar-refractivity contribution >= 4 is 28.8 Å². The van der Waals surface area contributed by atoms with E-state index in [0.717, 1.165) is 62.6 Å². The van der Waals surface area contributed by atoms with E-state index in [-0.39, 0.29) is 5.91 Å². The summed E-state index contributed by atoms with van der Waals surface area (Å²) in [6.07, 6.45) is 9.32. The Hall–Kier alpha value is -2.60. The zero-order valence-corrected chi connectivity index (χ0v) is 18.5. The molecule has 6 nitrogen and oxygen atoms in total. The molecule has 1 saturated carbocycles. The lowest BCUT2D eigenvalue weighted by Crippen LogP contribution is -2.44. The highest BCUT2D eigenvalue weighted by Crippen LogP contribution is 2.35. The van der Waals surface area contributed by atoms with Gasteiger partial charge in [0, 0.05) is 62.3 Å². The molecule has 31 heavy (non-hydrogen) atoms. The van der Waals surface area contributed by atoms with Gasteiger partial charge in [0.25, 0.3) is 0 Å². The third-order valence-electron chi connectivity index (χ3n) is 7.05. The number of aryl methyl sites for hydroxylation is 1. The zero-order valence-electron chi connectivity index (χ0n) is 18.5. The second-order valence-corrected chi connectivity index (χ2v) is 9.22. The van der Waals surface area contributed by atoms with Crippen molar-refractivity contribution in [1.82, 2.24) is 9.88 Å². The SMILES string of the molecule is CN1CCN(c2ccc(Nc3cc4c(cn3)CCC(=O)N4C3CCCCC3)cc2)CC1. The summed E-state index contributed by atoms with van der Waals surface area (Å²) >= 11 is 0. The Kier molecular flexibility index (Phi) is 5.81. The van der Waals surface area contributed by atoms with Gasteiger partial charge < -0.3 is 20.0 Å². The zero-order chi connectivity index (χ0) is 21.2. The van der Waals surface area contributed by atoms with Crippen molar-refractivity contribution in [2.24, 2.45) is 0 Å². The van der Waals surface area contributed by atoms with Crippen molar-refractivity contribution in [3.63, 3.8) is 0 Å². The van der Waals surface area contributed by atoms with E-state index in [9.17, 15) is 4.79 Å². The average molecular weight is 420 g/mol. The fraction of sp³-hybridized carbons (Fsp3) is 0.520. The Morgan fingerprint density at radius 1 is 0.968 bits per heavy atom. The average Bonchev–Trinajstić information content (AvgIpc) is 2.81. The predicted molar refractivity (Wildman–Crippen MR) is 126 cm³/mol. The Balaban J connectivity index is 1.32. The van der Waals surface area contributed by atoms with Crippen molar-refractivity contribution in [3.05, 3.63) is 42.1 Å². The second kappa shape index (κ2) is 8.87. The number of rotatable bonds is 4. The minimum absolute atomic E-state index is 0.271. The number of benzene rings is 1. The van der Waals surface area contributed by atoms with Gasteiger partial charge in [-0.15, -0.1) is 0 Å². The maximum Gasteiger partial charge on any atom is 0.227 e. The van der Waals surface area contributed by atoms with Crippen molar-refractivity contribution in [3.8, 4) is 0 Å². The van der Waals surface area contributed by atoms with Gasteiger partial charge in [0.15, 0.2) is 0 Å². The van der Waals surface area contributed by atoms with Crippen LogP contribution >= 0.6 is 0 Å². The van der Waals surface area contributed by atoms with Crippen LogP contribution in [0.3, 0.4) is 0 Å². The van der Waals surface area contributed by atoms with Crippen molar-refractivity contribution in [2.75, 3.05) is 48.3 Å². The first-order chi connectivity index (χ1) is 15.2. The number of carbonyl (C=O) groups excluding carboxylic acids is 1. The number of anilines is 4. The normalized spacial score (nSPS) is 20.6. The van der Waals surface area contributed by atoms with Crippen LogP contribution in [0.4, 0.5) is 22.9 Å². The summed E-state index contributed by atoms with van der Waals surface area (Å²) in [7, 11) is 2.18. The number of aromatic nitrogens is 1. The fourth-order valence-corrected chi connectivity index (χ4v) is 5.16. The minimum Gasteiger partial charge on any atom is -0.369 e. The highest BCUT2D eigenvalue weighted by molar-refractivity contribution is 5.97. The van der Waals surface area contributed by atoms with Gasteiger partial charge in [-0.25, -0.2) is 4.98 Å². The van der Waals surface area contributed by atoms with Crippen LogP contribution in [0.5, 0.6) is 0 Å². The van der Waals surface area contributed by atoms with Crippen LogP contribution in [-0.2, 0) is 11.2 Å². The molecule has 3 heterocycles. The number of amides is 1. The lowest BCUT2D eigenvalue weighted by Gasteiger charge is -2.38. The van der Waals surface area contributed by atoms with Crippen molar-refractivity contribution < 1.29 is 4.79 Å². The van der Waals surface area contributed by atoms with E-state index >= 15 is 0 Å². The molecule has 1 saturated heterocycles. The number of fused-ring (bicyclic) bond motifs is 1. The first kappa shape index (κ1) is 20.3. The Morgan fingerprint density at radius 2 is 1.71 bits per heavy atom. The fourth-order valence-electron chi connectivity index (χ4n) is 5.16. The molecule has 1 aromatic carbocycles. The Morgan fingerprint density at radius 3 is 2.45 bits per heavy atom. The number of nitrogens with zero attached hydrogens (tertiary/aromatic N) is 4. The molecule has 164 valence electrons. The number of hydrogen-bond acceptors (Lipinski definition) is 5. The van der Waals surface area contributed by atoms with Crippen molar-refractivity contribution in [1.29, 1.82) is 0 Å². The molecule has 5 rings (SSSR count). The van der Waals surface area contributed by atoms with Gasteiger partial charge in [0.05, 0.1) is 5.69 Å². The van der Waals surface area contributed by atoms with E-state index < -0.39 is 0 Å². The summed E-state index contributed by atoms with van der Waals surface area (Å²) in [5.41, 5.74) is 4.55. The maximum atomic E-state index is 12.8. The predicted octanol–water partition coefficient (Wildman–Crippen LogP) is 4.19. The first-order valence-electron chi connectivity index (χ1n) is 11.8. The quantitative estimate of drug-likeness (QED) is 0.805. The van der Waals surface area contributed by atoms with E-state index in [4.69, 9.17) is 0 Å². The van der Waals surface area contributed by atoms with E-state index in [1.165, 1.54) is 30.5 Å². The summed E-state index contributed by atoms with van der Waals surface area (Å²) in [5, 5.41) is 3.45. The van der Waals surface area contributed by atoms with Crippen LogP contribution in [0, 0.1) is 0 Å². The molecule has 0 radical (unpaired) electrons. The molecule has 1 aliphatic carbocycles. The lowest BCUT2D eigenvalue weighted by atomic mass is 9.91. The molecule has 2 aromatic rings. The second-order valence-electron chi connectivity index (χ2n) is 9.22. The van der Waals surface area contributed by atoms with Crippen molar-refractivity contribution in [2.45, 2.75) is 51.0 Å². The number of piperazine rings is 1. The molecule has 1 amide bonds. The van der Waals surface area contributed by atoms with Gasteiger partial charge in [-0.2, -0.15) is 0 Å². The van der Waals surface area contributed by atoms with Crippen LogP contribution in [-0.4, -0.2) is 55.1 Å². The molecule has 0 spiro atoms. The van der Waals surface area contributed by atoms with Crippen LogP contribution in [0.1, 0.15) is 44.1 Å². The summed E-state index contributed by atoms with van der Waals surface area (Å²) < 4.78 is 0. The molecular weight excluding hydrogens is 386 g/mol. The highest BCUT2D eigenvalue weighted by Gasteiger charge is 2.31. The van der Waals surface area contributed by atoms with Gasteiger partial charge in [-0.1, -0.05) is 19.3 Å². The molecule has 1 N–H and O–H groups in total. The standard InChI is InChI=1S/C25H33N5O/c1-28-13-15-29(16-14-28)21-10-8-20(9-11-21)27-24-17-23-19(18-26-24)7-12-25(31)30(23)22-5-3-2-4-6-22/h8-11,17-18,22H,2-7,12-16H2,1H3,(H,26,27). The number of pyridine rings is 1. The van der Waals surface area contributed by atoms with Crippen LogP contribution < -0.4 is 15.1 Å². The summed E-state index contributed by atoms with van der Waals surface area (Å²) in [4.78, 5) is 24.4. The molecule has 6 heteroatoms. The van der Waals surface area contributed by atoms with Gasteiger partial charge in [0.2, 0.25) is 5.91 Å². The van der Waals surface area contributed by atoms with Gasteiger partial charge in [-0.3, -0.25) is 4.79 Å². The van der Waals surface area contributed by atoms with Crippen LogP contribution in [0.15, 0.2) is 36.5 Å². The van der Waals surface area contributed by atoms with Gasteiger partial charge in [-0.05, 0) is 56.1 Å². The molecule has 3 aliphatic rings. The summed E-state index contributed by atoms with van der Waals surface area (Å²) in [6.45, 7) is 4.35. The summed E-state index contributed by atoms with van der Waals surface area (Å²) in [5.74, 6) is 1.08. The van der Waals surface area contributed by atoms with Crippen LogP contribution in [0.25, 0.3) is 0 Å². The third-order valence-corrected chi connectivity index (χ3v) is 7.05. The highest BCUT2D eigenvalue weighted by atomic mass is 16.2. The number of carbonyl (C=O) groups is 1. The molecule has 0 atom stereocenters. The van der Waals surface area contributed by atoms with E-state index in [2.05, 4.69) is 62.4 Å².